The highest BCUT2D eigenvalue weighted by molar-refractivity contribution is 5.89. The molecule has 2 heterocycles. The van der Waals surface area contributed by atoms with Gasteiger partial charge in [-0.2, -0.15) is 0 Å². The van der Waals surface area contributed by atoms with Crippen LogP contribution in [0.2, 0.25) is 0 Å². The molecule has 0 saturated carbocycles. The van der Waals surface area contributed by atoms with E-state index in [-0.39, 0.29) is 5.97 Å². The van der Waals surface area contributed by atoms with Crippen molar-refractivity contribution in [2.45, 2.75) is 6.92 Å². The number of carbonyl (C=O) groups excluding carboxylic acids is 1. The van der Waals surface area contributed by atoms with Gasteiger partial charge in [-0.1, -0.05) is 0 Å². The van der Waals surface area contributed by atoms with Crippen LogP contribution in [0, 0.1) is 6.92 Å². The van der Waals surface area contributed by atoms with Crippen molar-refractivity contribution in [3.05, 3.63) is 35.9 Å². The lowest BCUT2D eigenvalue weighted by Gasteiger charge is -2.01. The standard InChI is InChI=1S/C10H10N2O2/c1-7-11-5-9-4-3-8(6-12(7)9)10(13)14-2/h3-6H,1-2H3. The quantitative estimate of drug-likeness (QED) is 0.639. The van der Waals surface area contributed by atoms with E-state index in [1.165, 1.54) is 7.11 Å². The predicted molar refractivity (Wildman–Crippen MR) is 51.3 cm³/mol. The van der Waals surface area contributed by atoms with Crippen molar-refractivity contribution in [1.82, 2.24) is 9.38 Å². The highest BCUT2D eigenvalue weighted by Crippen LogP contribution is 2.09. The minimum absolute atomic E-state index is 0.333. The van der Waals surface area contributed by atoms with Gasteiger partial charge < -0.3 is 9.14 Å². The number of methoxy groups -OCH3 is 1. The van der Waals surface area contributed by atoms with Gasteiger partial charge in [-0.05, 0) is 19.1 Å². The summed E-state index contributed by atoms with van der Waals surface area (Å²) in [6, 6.07) is 3.56. The average Bonchev–Trinajstić information content (AvgIpc) is 2.59. The number of fused-ring (bicyclic) bond motifs is 1. The molecule has 0 aliphatic heterocycles. The Balaban J connectivity index is 2.60. The summed E-state index contributed by atoms with van der Waals surface area (Å²) in [6.07, 6.45) is 3.49. The molecule has 0 saturated heterocycles. The molecule has 2 rings (SSSR count). The molecule has 2 aromatic heterocycles. The van der Waals surface area contributed by atoms with Gasteiger partial charge in [0.1, 0.15) is 5.82 Å². The number of nitrogens with zero attached hydrogens (tertiary/aromatic N) is 2. The lowest BCUT2D eigenvalue weighted by molar-refractivity contribution is 0.0600. The van der Waals surface area contributed by atoms with Gasteiger partial charge in [0.2, 0.25) is 0 Å². The monoisotopic (exact) mass is 190 g/mol. The molecule has 0 N–H and O–H groups in total. The summed E-state index contributed by atoms with van der Waals surface area (Å²) < 4.78 is 6.48. The zero-order valence-corrected chi connectivity index (χ0v) is 8.02. The third kappa shape index (κ3) is 1.25. The minimum Gasteiger partial charge on any atom is -0.465 e. The van der Waals surface area contributed by atoms with E-state index in [2.05, 4.69) is 9.72 Å². The molecule has 0 atom stereocenters. The Kier molecular flexibility index (Phi) is 1.96. The van der Waals surface area contributed by atoms with Crippen LogP contribution in [-0.2, 0) is 4.74 Å². The molecule has 0 spiro atoms. The van der Waals surface area contributed by atoms with Gasteiger partial charge in [0.15, 0.2) is 0 Å². The number of esters is 1. The summed E-state index contributed by atoms with van der Waals surface area (Å²) in [5, 5.41) is 0. The normalized spacial score (nSPS) is 10.4. The smallest absolute Gasteiger partial charge is 0.339 e. The van der Waals surface area contributed by atoms with Crippen molar-refractivity contribution < 1.29 is 9.53 Å². The summed E-state index contributed by atoms with van der Waals surface area (Å²) in [7, 11) is 1.37. The SMILES string of the molecule is COC(=O)c1ccc2cnc(C)n2c1. The van der Waals surface area contributed by atoms with Crippen molar-refractivity contribution in [2.75, 3.05) is 7.11 Å². The van der Waals surface area contributed by atoms with E-state index in [0.717, 1.165) is 11.3 Å². The van der Waals surface area contributed by atoms with E-state index < -0.39 is 0 Å². The second-order valence-electron chi connectivity index (χ2n) is 3.01. The molecule has 0 aliphatic carbocycles. The minimum atomic E-state index is -0.333. The van der Waals surface area contributed by atoms with Crippen LogP contribution in [0.1, 0.15) is 16.2 Å². The van der Waals surface area contributed by atoms with Gasteiger partial charge >= 0.3 is 5.97 Å². The fourth-order valence-corrected chi connectivity index (χ4v) is 1.36. The molecule has 0 bridgehead atoms. The van der Waals surface area contributed by atoms with Crippen LogP contribution in [0.25, 0.3) is 5.52 Å². The number of carbonyl (C=O) groups is 1. The van der Waals surface area contributed by atoms with E-state index in [1.807, 2.05) is 17.4 Å². The second kappa shape index (κ2) is 3.14. The first-order valence-electron chi connectivity index (χ1n) is 4.24. The lowest BCUT2D eigenvalue weighted by Crippen LogP contribution is -2.02. The second-order valence-corrected chi connectivity index (χ2v) is 3.01. The highest BCUT2D eigenvalue weighted by Gasteiger charge is 2.06. The first-order valence-corrected chi connectivity index (χ1v) is 4.24. The Morgan fingerprint density at radius 1 is 1.50 bits per heavy atom. The van der Waals surface area contributed by atoms with E-state index >= 15 is 0 Å². The predicted octanol–water partition coefficient (Wildman–Crippen LogP) is 1.43. The van der Waals surface area contributed by atoms with Gasteiger partial charge in [-0.15, -0.1) is 0 Å². The third-order valence-corrected chi connectivity index (χ3v) is 2.13. The molecular formula is C10H10N2O2. The number of aryl methyl sites for hydroxylation is 1. The summed E-state index contributed by atoms with van der Waals surface area (Å²) >= 11 is 0. The Morgan fingerprint density at radius 3 is 3.00 bits per heavy atom. The van der Waals surface area contributed by atoms with Gasteiger partial charge in [0.25, 0.3) is 0 Å². The molecule has 0 unspecified atom stereocenters. The maximum atomic E-state index is 11.2. The zero-order chi connectivity index (χ0) is 10.1. The summed E-state index contributed by atoms with van der Waals surface area (Å²) in [4.78, 5) is 15.4. The largest absolute Gasteiger partial charge is 0.465 e. The first kappa shape index (κ1) is 8.74. The van der Waals surface area contributed by atoms with Crippen LogP contribution < -0.4 is 0 Å². The maximum Gasteiger partial charge on any atom is 0.339 e. The fraction of sp³-hybridized carbons (Fsp3) is 0.200. The van der Waals surface area contributed by atoms with Crippen molar-refractivity contribution in [1.29, 1.82) is 0 Å². The molecule has 0 fully saturated rings. The van der Waals surface area contributed by atoms with Crippen LogP contribution in [0.3, 0.4) is 0 Å². The van der Waals surface area contributed by atoms with Crippen LogP contribution >= 0.6 is 0 Å². The number of hydrogen-bond donors (Lipinski definition) is 0. The zero-order valence-electron chi connectivity index (χ0n) is 8.02. The van der Waals surface area contributed by atoms with E-state index in [0.29, 0.717) is 5.56 Å². The van der Waals surface area contributed by atoms with E-state index in [1.54, 1.807) is 18.5 Å². The molecule has 2 aromatic rings. The van der Waals surface area contributed by atoms with Gasteiger partial charge in [0, 0.05) is 6.20 Å². The number of ether oxygens (including phenoxy) is 1. The Labute approximate surface area is 81.1 Å². The summed E-state index contributed by atoms with van der Waals surface area (Å²) in [5.41, 5.74) is 1.50. The molecular weight excluding hydrogens is 180 g/mol. The van der Waals surface area contributed by atoms with Crippen LogP contribution in [0.5, 0.6) is 0 Å². The van der Waals surface area contributed by atoms with Crippen molar-refractivity contribution >= 4 is 11.5 Å². The van der Waals surface area contributed by atoms with Crippen molar-refractivity contribution in [2.24, 2.45) is 0 Å². The van der Waals surface area contributed by atoms with Crippen LogP contribution in [0.15, 0.2) is 24.5 Å². The maximum absolute atomic E-state index is 11.2. The number of hydrogen-bond acceptors (Lipinski definition) is 3. The molecule has 14 heavy (non-hydrogen) atoms. The van der Waals surface area contributed by atoms with Crippen LogP contribution in [-0.4, -0.2) is 22.5 Å². The Hall–Kier alpha value is -1.84. The topological polar surface area (TPSA) is 43.6 Å². The molecule has 4 nitrogen and oxygen atoms in total. The van der Waals surface area contributed by atoms with Gasteiger partial charge in [-0.3, -0.25) is 0 Å². The number of pyridine rings is 1. The molecule has 0 amide bonds. The highest BCUT2D eigenvalue weighted by atomic mass is 16.5. The van der Waals surface area contributed by atoms with Crippen LogP contribution in [0.4, 0.5) is 0 Å². The number of imidazole rings is 1. The first-order chi connectivity index (χ1) is 6.72. The molecule has 0 radical (unpaired) electrons. The molecule has 0 aliphatic rings. The molecule has 72 valence electrons. The Bertz CT molecular complexity index is 488. The fourth-order valence-electron chi connectivity index (χ4n) is 1.36. The third-order valence-electron chi connectivity index (χ3n) is 2.13. The number of rotatable bonds is 1. The lowest BCUT2D eigenvalue weighted by atomic mass is 10.3. The Morgan fingerprint density at radius 2 is 2.29 bits per heavy atom. The van der Waals surface area contributed by atoms with Gasteiger partial charge in [0.05, 0.1) is 24.4 Å². The number of aromatic nitrogens is 2. The molecule has 4 heteroatoms. The van der Waals surface area contributed by atoms with E-state index in [9.17, 15) is 4.79 Å². The summed E-state index contributed by atoms with van der Waals surface area (Å²) in [5.74, 6) is 0.519. The van der Waals surface area contributed by atoms with Crippen molar-refractivity contribution in [3.63, 3.8) is 0 Å². The summed E-state index contributed by atoms with van der Waals surface area (Å²) in [6.45, 7) is 1.88. The van der Waals surface area contributed by atoms with Crippen molar-refractivity contribution in [3.8, 4) is 0 Å². The van der Waals surface area contributed by atoms with Gasteiger partial charge in [-0.25, -0.2) is 9.78 Å². The molecule has 0 aromatic carbocycles. The van der Waals surface area contributed by atoms with E-state index in [4.69, 9.17) is 0 Å². The average molecular weight is 190 g/mol.